The molecule has 2 aromatic rings. The van der Waals surface area contributed by atoms with E-state index in [0.29, 0.717) is 11.8 Å². The summed E-state index contributed by atoms with van der Waals surface area (Å²) in [5, 5.41) is 7.40. The van der Waals surface area contributed by atoms with Crippen LogP contribution in [0.5, 0.6) is 0 Å². The van der Waals surface area contributed by atoms with Gasteiger partial charge in [-0.2, -0.15) is 4.98 Å². The summed E-state index contributed by atoms with van der Waals surface area (Å²) >= 11 is 0. The van der Waals surface area contributed by atoms with Gasteiger partial charge >= 0.3 is 0 Å². The van der Waals surface area contributed by atoms with Crippen molar-refractivity contribution in [2.24, 2.45) is 5.92 Å². The van der Waals surface area contributed by atoms with Crippen molar-refractivity contribution in [3.63, 3.8) is 0 Å². The molecule has 1 N–H and O–H groups in total. The first-order chi connectivity index (χ1) is 8.42. The van der Waals surface area contributed by atoms with Crippen LogP contribution in [-0.4, -0.2) is 23.2 Å². The quantitative estimate of drug-likeness (QED) is 0.876. The van der Waals surface area contributed by atoms with Gasteiger partial charge in [-0.25, -0.2) is 0 Å². The maximum Gasteiger partial charge on any atom is 0.261 e. The van der Waals surface area contributed by atoms with Gasteiger partial charge in [-0.15, -0.1) is 0 Å². The third-order valence-electron chi connectivity index (χ3n) is 3.11. The molecule has 17 heavy (non-hydrogen) atoms. The van der Waals surface area contributed by atoms with Gasteiger partial charge < -0.3 is 14.3 Å². The second kappa shape index (κ2) is 4.71. The lowest BCUT2D eigenvalue weighted by molar-refractivity contribution is 0.359. The van der Waals surface area contributed by atoms with E-state index in [9.17, 15) is 0 Å². The van der Waals surface area contributed by atoms with Gasteiger partial charge in [0.2, 0.25) is 0 Å². The van der Waals surface area contributed by atoms with Crippen LogP contribution < -0.4 is 5.32 Å². The zero-order valence-corrected chi connectivity index (χ0v) is 9.56. The van der Waals surface area contributed by atoms with Gasteiger partial charge in [-0.3, -0.25) is 0 Å². The number of nitrogens with zero attached hydrogens (tertiary/aromatic N) is 2. The fourth-order valence-electron chi connectivity index (χ4n) is 2.20. The summed E-state index contributed by atoms with van der Waals surface area (Å²) in [4.78, 5) is 4.38. The van der Waals surface area contributed by atoms with Gasteiger partial charge in [0, 0.05) is 6.42 Å². The Labute approximate surface area is 99.2 Å². The number of hydrogen-bond donors (Lipinski definition) is 1. The average Bonchev–Trinajstić information content (AvgIpc) is 3.00. The summed E-state index contributed by atoms with van der Waals surface area (Å²) in [6.07, 6.45) is 6.57. The highest BCUT2D eigenvalue weighted by Gasteiger charge is 2.17. The van der Waals surface area contributed by atoms with Crippen molar-refractivity contribution in [1.29, 1.82) is 0 Å². The van der Waals surface area contributed by atoms with Gasteiger partial charge in [0.15, 0.2) is 5.82 Å². The number of nitrogens with one attached hydrogen (secondary N) is 1. The molecule has 5 heteroatoms. The Hall–Kier alpha value is -1.62. The van der Waals surface area contributed by atoms with E-state index in [2.05, 4.69) is 15.5 Å². The molecule has 0 spiro atoms. The average molecular weight is 233 g/mol. The lowest BCUT2D eigenvalue weighted by Gasteiger charge is -2.20. The second-order valence-corrected chi connectivity index (χ2v) is 4.44. The third kappa shape index (κ3) is 2.39. The zero-order valence-electron chi connectivity index (χ0n) is 9.56. The van der Waals surface area contributed by atoms with Crippen molar-refractivity contribution in [2.75, 3.05) is 13.1 Å². The summed E-state index contributed by atoms with van der Waals surface area (Å²) in [6, 6.07) is 1.82. The number of piperidine rings is 1. The molecule has 1 atom stereocenters. The van der Waals surface area contributed by atoms with Crippen LogP contribution in [0.25, 0.3) is 11.5 Å². The molecule has 3 heterocycles. The zero-order chi connectivity index (χ0) is 11.5. The maximum atomic E-state index is 5.21. The van der Waals surface area contributed by atoms with Crippen molar-refractivity contribution >= 4 is 0 Å². The largest absolute Gasteiger partial charge is 0.472 e. The predicted molar refractivity (Wildman–Crippen MR) is 61.3 cm³/mol. The first-order valence-corrected chi connectivity index (χ1v) is 5.98. The van der Waals surface area contributed by atoms with Crippen LogP contribution in [0, 0.1) is 5.92 Å². The molecular formula is C12H15N3O2. The normalized spacial score (nSPS) is 20.6. The van der Waals surface area contributed by atoms with Crippen molar-refractivity contribution in [2.45, 2.75) is 19.3 Å². The standard InChI is InChI=1S/C12H15N3O2/c1-2-9(7-13-4-1)6-11-14-12(17-15-11)10-3-5-16-8-10/h3,5,8-9,13H,1-2,4,6-7H2. The molecule has 0 saturated carbocycles. The molecule has 3 rings (SSSR count). The van der Waals surface area contributed by atoms with Crippen LogP contribution in [-0.2, 0) is 6.42 Å². The number of furan rings is 1. The Morgan fingerprint density at radius 1 is 1.47 bits per heavy atom. The SMILES string of the molecule is c1cc(-c2nc(CC3CCCNC3)no2)co1. The van der Waals surface area contributed by atoms with Gasteiger partial charge in [-0.1, -0.05) is 5.16 Å². The minimum atomic E-state index is 0.539. The Bertz CT molecular complexity index is 458. The van der Waals surface area contributed by atoms with Crippen LogP contribution in [0.15, 0.2) is 27.5 Å². The highest BCUT2D eigenvalue weighted by atomic mass is 16.5. The molecule has 0 bridgehead atoms. The predicted octanol–water partition coefficient (Wildman–Crippen LogP) is 1.87. The van der Waals surface area contributed by atoms with Crippen molar-refractivity contribution in [3.05, 3.63) is 24.4 Å². The molecular weight excluding hydrogens is 218 g/mol. The van der Waals surface area contributed by atoms with Gasteiger partial charge in [0.25, 0.3) is 5.89 Å². The summed E-state index contributed by atoms with van der Waals surface area (Å²) in [5.41, 5.74) is 0.838. The van der Waals surface area contributed by atoms with E-state index in [1.54, 1.807) is 12.5 Å². The molecule has 0 aromatic carbocycles. The molecule has 0 amide bonds. The number of aromatic nitrogens is 2. The van der Waals surface area contributed by atoms with E-state index in [0.717, 1.165) is 30.9 Å². The molecule has 0 aliphatic carbocycles. The van der Waals surface area contributed by atoms with Crippen LogP contribution in [0.4, 0.5) is 0 Å². The summed E-state index contributed by atoms with van der Waals surface area (Å²) in [7, 11) is 0. The Morgan fingerprint density at radius 3 is 3.24 bits per heavy atom. The van der Waals surface area contributed by atoms with E-state index < -0.39 is 0 Å². The lowest BCUT2D eigenvalue weighted by Crippen LogP contribution is -2.31. The molecule has 90 valence electrons. The van der Waals surface area contributed by atoms with Crippen molar-refractivity contribution < 1.29 is 8.94 Å². The first kappa shape index (κ1) is 10.5. The fraction of sp³-hybridized carbons (Fsp3) is 0.500. The Balaban J connectivity index is 1.68. The van der Waals surface area contributed by atoms with Crippen LogP contribution in [0.3, 0.4) is 0 Å². The lowest BCUT2D eigenvalue weighted by atomic mass is 9.96. The van der Waals surface area contributed by atoms with Gasteiger partial charge in [-0.05, 0) is 37.9 Å². The monoisotopic (exact) mass is 233 g/mol. The summed E-state index contributed by atoms with van der Waals surface area (Å²) < 4.78 is 10.2. The highest BCUT2D eigenvalue weighted by molar-refractivity contribution is 5.49. The van der Waals surface area contributed by atoms with E-state index in [4.69, 9.17) is 8.94 Å². The molecule has 0 radical (unpaired) electrons. The van der Waals surface area contributed by atoms with Gasteiger partial charge in [0.05, 0.1) is 11.8 Å². The molecule has 1 aliphatic heterocycles. The van der Waals surface area contributed by atoms with Crippen molar-refractivity contribution in [1.82, 2.24) is 15.5 Å². The fourth-order valence-corrected chi connectivity index (χ4v) is 2.20. The number of hydrogen-bond acceptors (Lipinski definition) is 5. The molecule has 1 unspecified atom stereocenters. The second-order valence-electron chi connectivity index (χ2n) is 4.44. The van der Waals surface area contributed by atoms with E-state index in [1.807, 2.05) is 6.07 Å². The summed E-state index contributed by atoms with van der Waals surface area (Å²) in [6.45, 7) is 2.18. The smallest absolute Gasteiger partial charge is 0.261 e. The third-order valence-corrected chi connectivity index (χ3v) is 3.11. The topological polar surface area (TPSA) is 64.1 Å². The van der Waals surface area contributed by atoms with E-state index >= 15 is 0 Å². The molecule has 1 saturated heterocycles. The molecule has 1 fully saturated rings. The highest BCUT2D eigenvalue weighted by Crippen LogP contribution is 2.19. The minimum Gasteiger partial charge on any atom is -0.472 e. The Kier molecular flexibility index (Phi) is 2.92. The minimum absolute atomic E-state index is 0.539. The maximum absolute atomic E-state index is 5.21. The van der Waals surface area contributed by atoms with Gasteiger partial charge in [0.1, 0.15) is 6.26 Å². The molecule has 2 aromatic heterocycles. The van der Waals surface area contributed by atoms with Crippen LogP contribution in [0.2, 0.25) is 0 Å². The molecule has 5 nitrogen and oxygen atoms in total. The van der Waals surface area contributed by atoms with E-state index in [1.165, 1.54) is 12.8 Å². The number of rotatable bonds is 3. The first-order valence-electron chi connectivity index (χ1n) is 5.98. The Morgan fingerprint density at radius 2 is 2.47 bits per heavy atom. The molecule has 1 aliphatic rings. The summed E-state index contributed by atoms with van der Waals surface area (Å²) in [5.74, 6) is 1.95. The van der Waals surface area contributed by atoms with Crippen molar-refractivity contribution in [3.8, 4) is 11.5 Å². The van der Waals surface area contributed by atoms with Crippen LogP contribution >= 0.6 is 0 Å². The van der Waals surface area contributed by atoms with Crippen LogP contribution in [0.1, 0.15) is 18.7 Å². The van der Waals surface area contributed by atoms with E-state index in [-0.39, 0.29) is 0 Å².